The average Bonchev–Trinajstić information content (AvgIpc) is 2.80. The Bertz CT molecular complexity index is 578. The van der Waals surface area contributed by atoms with Gasteiger partial charge in [0.05, 0.1) is 0 Å². The van der Waals surface area contributed by atoms with Gasteiger partial charge in [0.25, 0.3) is 0 Å². The van der Waals surface area contributed by atoms with Crippen molar-refractivity contribution in [3.05, 3.63) is 58.6 Å². The first-order chi connectivity index (χ1) is 9.54. The van der Waals surface area contributed by atoms with Crippen LogP contribution in [0.15, 0.2) is 53.0 Å². The van der Waals surface area contributed by atoms with Crippen LogP contribution in [0.1, 0.15) is 12.0 Å². The van der Waals surface area contributed by atoms with E-state index in [0.717, 1.165) is 6.42 Å². The Kier molecular flexibility index (Phi) is 8.58. The maximum atomic E-state index is 10.7. The van der Waals surface area contributed by atoms with E-state index in [1.54, 1.807) is 0 Å². The minimum atomic E-state index is -6.09. The standard InChI is InChI=1S/C7H8.C5H5.CHF3O3S.Fe/c1-7-5-3-2-4-6-7;1-2-4-5-3-1;2-1(3,4)8(5,6)7;/h2-6H,1H3;1-3H,4H2;(H,5,6,7);/q;;;+1/p-1. The number of rotatable bonds is 0. The zero-order valence-electron chi connectivity index (χ0n) is 10.9. The maximum absolute atomic E-state index is 10.7. The van der Waals surface area contributed by atoms with Gasteiger partial charge >= 0.3 is 50.6 Å². The fraction of sp³-hybridized carbons (Fsp3) is 0.231. The summed E-state index contributed by atoms with van der Waals surface area (Å²) in [5.41, 5.74) is -4.32. The Hall–Kier alpha value is -1.08. The van der Waals surface area contributed by atoms with Crippen molar-refractivity contribution >= 4 is 10.1 Å². The molecule has 0 saturated heterocycles. The second kappa shape index (κ2) is 9.04. The molecule has 1 aliphatic rings. The van der Waals surface area contributed by atoms with Crippen molar-refractivity contribution < 1.29 is 42.2 Å². The topological polar surface area (TPSA) is 57.2 Å². The third kappa shape index (κ3) is 10.3. The first-order valence-electron chi connectivity index (χ1n) is 5.58. The summed E-state index contributed by atoms with van der Waals surface area (Å²) in [7, 11) is -6.09. The van der Waals surface area contributed by atoms with Gasteiger partial charge in [-0.05, 0) is 6.92 Å². The molecule has 0 aromatic heterocycles. The molecule has 0 bridgehead atoms. The molecule has 0 unspecified atom stereocenters. The third-order valence-electron chi connectivity index (χ3n) is 1.94. The van der Waals surface area contributed by atoms with Gasteiger partial charge in [-0.25, -0.2) is 8.42 Å². The Morgan fingerprint density at radius 3 is 1.81 bits per heavy atom. The first kappa shape index (κ1) is 19.9. The average molecular weight is 362 g/mol. The van der Waals surface area contributed by atoms with E-state index in [4.69, 9.17) is 13.0 Å². The van der Waals surface area contributed by atoms with Gasteiger partial charge in [0.2, 0.25) is 0 Å². The number of hydrogen-bond donors (Lipinski definition) is 0. The zero-order chi connectivity index (χ0) is 16.5. The molecule has 0 amide bonds. The number of allylic oxidation sites excluding steroid dienone is 4. The Morgan fingerprint density at radius 1 is 1.19 bits per heavy atom. The van der Waals surface area contributed by atoms with Crippen LogP contribution in [0, 0.1) is 6.92 Å². The Balaban J connectivity index is 0.000000288. The molecule has 1 aliphatic carbocycles. The summed E-state index contributed by atoms with van der Waals surface area (Å²) in [4.78, 5) is 0. The number of aryl methyl sites for hydroxylation is 1. The van der Waals surface area contributed by atoms with E-state index < -0.39 is 15.6 Å². The molecule has 21 heavy (non-hydrogen) atoms. The summed E-state index contributed by atoms with van der Waals surface area (Å²) < 4.78 is 60.1. The van der Waals surface area contributed by atoms with E-state index in [0.29, 0.717) is 0 Å². The van der Waals surface area contributed by atoms with Crippen molar-refractivity contribution in [3.63, 3.8) is 0 Å². The molecule has 3 nitrogen and oxygen atoms in total. The summed E-state index contributed by atoms with van der Waals surface area (Å²) >= 11 is 3.74. The number of alkyl halides is 3. The normalized spacial score (nSPS) is 13.5. The van der Waals surface area contributed by atoms with Crippen molar-refractivity contribution in [3.8, 4) is 0 Å². The molecule has 0 N–H and O–H groups in total. The summed E-state index contributed by atoms with van der Waals surface area (Å²) in [6.07, 6.45) is 7.21. The van der Waals surface area contributed by atoms with E-state index in [1.807, 2.05) is 30.4 Å². The van der Waals surface area contributed by atoms with Gasteiger partial charge in [0.15, 0.2) is 10.1 Å². The molecule has 0 saturated carbocycles. The molecule has 0 atom stereocenters. The second-order valence-corrected chi connectivity index (χ2v) is 5.86. The van der Waals surface area contributed by atoms with Gasteiger partial charge in [-0.1, -0.05) is 35.9 Å². The van der Waals surface area contributed by atoms with Crippen molar-refractivity contribution in [2.24, 2.45) is 0 Å². The van der Waals surface area contributed by atoms with Gasteiger partial charge in [0, 0.05) is 0 Å². The van der Waals surface area contributed by atoms with E-state index in [9.17, 15) is 13.2 Å². The van der Waals surface area contributed by atoms with Crippen LogP contribution >= 0.6 is 0 Å². The Labute approximate surface area is 130 Å². The number of halogens is 3. The van der Waals surface area contributed by atoms with Crippen LogP contribution in [0.25, 0.3) is 0 Å². The summed E-state index contributed by atoms with van der Waals surface area (Å²) in [5, 5.41) is 0. The second-order valence-electron chi connectivity index (χ2n) is 3.78. The molecule has 1 aromatic rings. The predicted molar refractivity (Wildman–Crippen MR) is 68.8 cm³/mol. The Morgan fingerprint density at radius 2 is 1.67 bits per heavy atom. The van der Waals surface area contributed by atoms with Crippen molar-refractivity contribution in [2.75, 3.05) is 0 Å². The molecule has 0 aliphatic heterocycles. The van der Waals surface area contributed by atoms with Crippen LogP contribution in [0.4, 0.5) is 13.2 Å². The molecule has 0 heterocycles. The minimum absolute atomic E-state index is 1.06. The van der Waals surface area contributed by atoms with Crippen molar-refractivity contribution in [2.45, 2.75) is 18.9 Å². The zero-order valence-corrected chi connectivity index (χ0v) is 12.9. The van der Waals surface area contributed by atoms with Gasteiger partial charge in [-0.3, -0.25) is 0 Å². The van der Waals surface area contributed by atoms with E-state index in [2.05, 4.69) is 41.1 Å². The van der Waals surface area contributed by atoms with Gasteiger partial charge in [0.1, 0.15) is 0 Å². The summed E-state index contributed by atoms with van der Waals surface area (Å²) in [6, 6.07) is 10.3. The van der Waals surface area contributed by atoms with Gasteiger partial charge in [-0.15, -0.1) is 0 Å². The number of benzene rings is 1. The van der Waals surface area contributed by atoms with E-state index in [-0.39, 0.29) is 0 Å². The third-order valence-corrected chi connectivity index (χ3v) is 2.92. The molecule has 0 radical (unpaired) electrons. The van der Waals surface area contributed by atoms with E-state index in [1.165, 1.54) is 10.0 Å². The van der Waals surface area contributed by atoms with Crippen LogP contribution in [-0.2, 0) is 26.1 Å². The van der Waals surface area contributed by atoms with Crippen LogP contribution < -0.4 is 0 Å². The molecular formula is C13H13F3FeO3S. The van der Waals surface area contributed by atoms with Gasteiger partial charge < -0.3 is 4.55 Å². The summed E-state index contributed by atoms with van der Waals surface area (Å²) in [6.45, 7) is 2.08. The predicted octanol–water partition coefficient (Wildman–Crippen LogP) is 3.42. The van der Waals surface area contributed by atoms with Crippen LogP contribution in [-0.4, -0.2) is 18.5 Å². The molecule has 0 fully saturated rings. The SMILES string of the molecule is Cc1ccccc1.O=S(=O)([O-])C(F)(F)F.[Fe+][C]1=CC=CC1. The monoisotopic (exact) mass is 362 g/mol. The molecular weight excluding hydrogens is 349 g/mol. The van der Waals surface area contributed by atoms with E-state index >= 15 is 0 Å². The quantitative estimate of drug-likeness (QED) is 0.404. The molecule has 1 aromatic carbocycles. The van der Waals surface area contributed by atoms with Gasteiger partial charge in [-0.2, -0.15) is 13.2 Å². The van der Waals surface area contributed by atoms with Crippen molar-refractivity contribution in [1.82, 2.24) is 0 Å². The molecule has 118 valence electrons. The molecule has 2 rings (SSSR count). The number of hydrogen-bond acceptors (Lipinski definition) is 3. The fourth-order valence-corrected chi connectivity index (χ4v) is 1.19. The molecule has 0 spiro atoms. The van der Waals surface area contributed by atoms with Crippen LogP contribution in [0.2, 0.25) is 0 Å². The van der Waals surface area contributed by atoms with Crippen LogP contribution in [0.5, 0.6) is 0 Å². The van der Waals surface area contributed by atoms with Crippen molar-refractivity contribution in [1.29, 1.82) is 0 Å². The fourth-order valence-electron chi connectivity index (χ4n) is 0.950. The first-order valence-corrected chi connectivity index (χ1v) is 7.54. The summed E-state index contributed by atoms with van der Waals surface area (Å²) in [5.74, 6) is 0. The van der Waals surface area contributed by atoms with Crippen LogP contribution in [0.3, 0.4) is 0 Å². The molecule has 8 heteroatoms.